The quantitative estimate of drug-likeness (QED) is 0.860. The van der Waals surface area contributed by atoms with Gasteiger partial charge in [-0.15, -0.1) is 0 Å². The summed E-state index contributed by atoms with van der Waals surface area (Å²) < 4.78 is 32.4. The first-order valence-electron chi connectivity index (χ1n) is 6.55. The molecule has 0 spiro atoms. The van der Waals surface area contributed by atoms with Crippen LogP contribution in [0.2, 0.25) is 0 Å². The third kappa shape index (κ3) is 3.07. The van der Waals surface area contributed by atoms with E-state index in [-0.39, 0.29) is 17.3 Å². The summed E-state index contributed by atoms with van der Waals surface area (Å²) in [5.74, 6) is 0.303. The second-order valence-electron chi connectivity index (χ2n) is 4.63. The molecule has 1 atom stereocenters. The second-order valence-corrected chi connectivity index (χ2v) is 7.37. The second kappa shape index (κ2) is 6.33. The van der Waals surface area contributed by atoms with Gasteiger partial charge in [0.25, 0.3) is 0 Å². The van der Waals surface area contributed by atoms with Gasteiger partial charge in [-0.3, -0.25) is 4.79 Å². The number of halogens is 1. The first kappa shape index (κ1) is 16.3. The van der Waals surface area contributed by atoms with Crippen molar-refractivity contribution >= 4 is 31.9 Å². The molecule has 1 fully saturated rings. The maximum atomic E-state index is 12.7. The standard InChI is InChI=1S/C13H17BrN2O4S/c1-3-11-13(17)15-6-7-16(11)21(18,19)9-4-5-12(20-2)10(14)8-9/h4-5,8,11H,3,6-7H2,1-2H3,(H,15,17). The van der Waals surface area contributed by atoms with Crippen LogP contribution in [-0.2, 0) is 14.8 Å². The predicted octanol–water partition coefficient (Wildman–Crippen LogP) is 1.36. The van der Waals surface area contributed by atoms with Crippen molar-refractivity contribution < 1.29 is 17.9 Å². The molecule has 116 valence electrons. The van der Waals surface area contributed by atoms with Gasteiger partial charge in [-0.25, -0.2) is 8.42 Å². The number of rotatable bonds is 4. The monoisotopic (exact) mass is 376 g/mol. The van der Waals surface area contributed by atoms with Crippen LogP contribution in [0, 0.1) is 0 Å². The largest absolute Gasteiger partial charge is 0.496 e. The van der Waals surface area contributed by atoms with E-state index >= 15 is 0 Å². The van der Waals surface area contributed by atoms with Gasteiger partial charge in [-0.2, -0.15) is 4.31 Å². The number of hydrogen-bond acceptors (Lipinski definition) is 4. The highest BCUT2D eigenvalue weighted by Crippen LogP contribution is 2.30. The van der Waals surface area contributed by atoms with E-state index in [2.05, 4.69) is 21.2 Å². The summed E-state index contributed by atoms with van der Waals surface area (Å²) in [5, 5.41) is 2.69. The Bertz CT molecular complexity index is 648. The van der Waals surface area contributed by atoms with E-state index in [1.165, 1.54) is 23.5 Å². The third-order valence-electron chi connectivity index (χ3n) is 3.40. The highest BCUT2D eigenvalue weighted by Gasteiger charge is 2.37. The van der Waals surface area contributed by atoms with Crippen molar-refractivity contribution in [3.63, 3.8) is 0 Å². The third-order valence-corrected chi connectivity index (χ3v) is 5.92. The summed E-state index contributed by atoms with van der Waals surface area (Å²) in [6, 6.07) is 3.90. The number of ether oxygens (including phenoxy) is 1. The van der Waals surface area contributed by atoms with Gasteiger partial charge in [0, 0.05) is 13.1 Å². The molecule has 0 saturated carbocycles. The Morgan fingerprint density at radius 2 is 2.19 bits per heavy atom. The molecule has 0 aliphatic carbocycles. The lowest BCUT2D eigenvalue weighted by atomic mass is 10.2. The number of carbonyl (C=O) groups excluding carboxylic acids is 1. The Kier molecular flexibility index (Phi) is 4.90. The summed E-state index contributed by atoms with van der Waals surface area (Å²) in [4.78, 5) is 12.0. The average molecular weight is 377 g/mol. The van der Waals surface area contributed by atoms with Crippen LogP contribution in [0.15, 0.2) is 27.6 Å². The van der Waals surface area contributed by atoms with Crippen LogP contribution in [0.4, 0.5) is 0 Å². The number of methoxy groups -OCH3 is 1. The molecular formula is C13H17BrN2O4S. The lowest BCUT2D eigenvalue weighted by molar-refractivity contribution is -0.126. The minimum absolute atomic E-state index is 0.142. The maximum absolute atomic E-state index is 12.7. The number of amides is 1. The zero-order valence-electron chi connectivity index (χ0n) is 11.8. The SMILES string of the molecule is CCC1C(=O)NCCN1S(=O)(=O)c1ccc(OC)c(Br)c1. The molecule has 1 amide bonds. The van der Waals surface area contributed by atoms with Crippen LogP contribution in [-0.4, -0.2) is 44.9 Å². The molecule has 1 aromatic rings. The number of sulfonamides is 1. The van der Waals surface area contributed by atoms with Gasteiger partial charge in [0.2, 0.25) is 15.9 Å². The van der Waals surface area contributed by atoms with Crippen molar-refractivity contribution in [2.75, 3.05) is 20.2 Å². The highest BCUT2D eigenvalue weighted by molar-refractivity contribution is 9.10. The Balaban J connectivity index is 2.41. The number of nitrogens with zero attached hydrogens (tertiary/aromatic N) is 1. The number of hydrogen-bond donors (Lipinski definition) is 1. The van der Waals surface area contributed by atoms with Gasteiger partial charge in [0.1, 0.15) is 11.8 Å². The van der Waals surface area contributed by atoms with E-state index in [9.17, 15) is 13.2 Å². The highest BCUT2D eigenvalue weighted by atomic mass is 79.9. The summed E-state index contributed by atoms with van der Waals surface area (Å²) >= 11 is 3.28. The van der Waals surface area contributed by atoms with Gasteiger partial charge < -0.3 is 10.1 Å². The van der Waals surface area contributed by atoms with Gasteiger partial charge in [0.05, 0.1) is 16.5 Å². The Labute approximate surface area is 132 Å². The molecule has 1 unspecified atom stereocenters. The van der Waals surface area contributed by atoms with Crippen molar-refractivity contribution in [2.45, 2.75) is 24.3 Å². The summed E-state index contributed by atoms with van der Waals surface area (Å²) in [5.41, 5.74) is 0. The van der Waals surface area contributed by atoms with E-state index in [1.54, 1.807) is 13.0 Å². The molecule has 0 aromatic heterocycles. The molecule has 1 aliphatic heterocycles. The fourth-order valence-electron chi connectivity index (χ4n) is 2.31. The Morgan fingerprint density at radius 1 is 1.48 bits per heavy atom. The molecule has 6 nitrogen and oxygen atoms in total. The minimum atomic E-state index is -3.72. The molecule has 0 radical (unpaired) electrons. The molecule has 1 heterocycles. The predicted molar refractivity (Wildman–Crippen MR) is 81.7 cm³/mol. The Hall–Kier alpha value is -1.12. The molecule has 1 N–H and O–H groups in total. The molecular weight excluding hydrogens is 360 g/mol. The van der Waals surface area contributed by atoms with E-state index in [4.69, 9.17) is 4.74 Å². The lowest BCUT2D eigenvalue weighted by Crippen LogP contribution is -2.56. The fraction of sp³-hybridized carbons (Fsp3) is 0.462. The smallest absolute Gasteiger partial charge is 0.243 e. The first-order valence-corrected chi connectivity index (χ1v) is 8.78. The number of nitrogens with one attached hydrogen (secondary N) is 1. The Morgan fingerprint density at radius 3 is 2.76 bits per heavy atom. The molecule has 1 saturated heterocycles. The normalized spacial score (nSPS) is 20.1. The van der Waals surface area contributed by atoms with Crippen LogP contribution in [0.1, 0.15) is 13.3 Å². The molecule has 21 heavy (non-hydrogen) atoms. The number of carbonyl (C=O) groups is 1. The van der Waals surface area contributed by atoms with Gasteiger partial charge in [-0.05, 0) is 40.5 Å². The first-order chi connectivity index (χ1) is 9.91. The van der Waals surface area contributed by atoms with Crippen LogP contribution in [0.5, 0.6) is 5.75 Å². The van der Waals surface area contributed by atoms with Gasteiger partial charge in [0.15, 0.2) is 0 Å². The average Bonchev–Trinajstić information content (AvgIpc) is 2.46. The molecule has 8 heteroatoms. The van der Waals surface area contributed by atoms with E-state index < -0.39 is 16.1 Å². The maximum Gasteiger partial charge on any atom is 0.243 e. The van der Waals surface area contributed by atoms with Crippen molar-refractivity contribution in [1.29, 1.82) is 0 Å². The van der Waals surface area contributed by atoms with E-state index in [0.29, 0.717) is 23.2 Å². The number of benzene rings is 1. The van der Waals surface area contributed by atoms with Crippen molar-refractivity contribution in [1.82, 2.24) is 9.62 Å². The summed E-state index contributed by atoms with van der Waals surface area (Å²) in [6.07, 6.45) is 0.433. The van der Waals surface area contributed by atoms with Crippen LogP contribution in [0.25, 0.3) is 0 Å². The van der Waals surface area contributed by atoms with Crippen LogP contribution < -0.4 is 10.1 Å². The molecule has 0 bridgehead atoms. The van der Waals surface area contributed by atoms with Crippen molar-refractivity contribution in [3.8, 4) is 5.75 Å². The summed E-state index contributed by atoms with van der Waals surface area (Å²) in [6.45, 7) is 2.39. The zero-order valence-corrected chi connectivity index (χ0v) is 14.2. The van der Waals surface area contributed by atoms with E-state index in [1.807, 2.05) is 0 Å². The summed E-state index contributed by atoms with van der Waals surface area (Å²) in [7, 11) is -2.21. The van der Waals surface area contributed by atoms with Crippen LogP contribution >= 0.6 is 15.9 Å². The van der Waals surface area contributed by atoms with Crippen LogP contribution in [0.3, 0.4) is 0 Å². The molecule has 1 aliphatic rings. The minimum Gasteiger partial charge on any atom is -0.496 e. The molecule has 2 rings (SSSR count). The molecule has 1 aromatic carbocycles. The van der Waals surface area contributed by atoms with E-state index in [0.717, 1.165) is 0 Å². The topological polar surface area (TPSA) is 75.7 Å². The lowest BCUT2D eigenvalue weighted by Gasteiger charge is -2.33. The van der Waals surface area contributed by atoms with Crippen molar-refractivity contribution in [3.05, 3.63) is 22.7 Å². The fourth-order valence-corrected chi connectivity index (χ4v) is 4.69. The van der Waals surface area contributed by atoms with Gasteiger partial charge in [-0.1, -0.05) is 6.92 Å². The number of piperazine rings is 1. The zero-order chi connectivity index (χ0) is 15.6. The van der Waals surface area contributed by atoms with Gasteiger partial charge >= 0.3 is 0 Å². The van der Waals surface area contributed by atoms with Crippen molar-refractivity contribution in [2.24, 2.45) is 0 Å².